The van der Waals surface area contributed by atoms with Crippen molar-refractivity contribution in [3.05, 3.63) is 54.6 Å². The van der Waals surface area contributed by atoms with E-state index in [1.54, 1.807) is 33.9 Å². The molecular formula is C19H22N8O2. The second kappa shape index (κ2) is 8.65. The molecule has 1 saturated heterocycles. The third-order valence-corrected chi connectivity index (χ3v) is 4.76. The smallest absolute Gasteiger partial charge is 0.273 e. The zero-order valence-corrected chi connectivity index (χ0v) is 15.8. The van der Waals surface area contributed by atoms with Crippen molar-refractivity contribution < 1.29 is 9.59 Å². The van der Waals surface area contributed by atoms with Gasteiger partial charge < -0.3 is 16.0 Å². The summed E-state index contributed by atoms with van der Waals surface area (Å²) in [5.41, 5.74) is 1.73. The largest absolute Gasteiger partial charge is 0.342 e. The van der Waals surface area contributed by atoms with Crippen LogP contribution in [0.5, 0.6) is 0 Å². The Kier molecular flexibility index (Phi) is 5.61. The minimum Gasteiger partial charge on any atom is -0.342 e. The first-order valence-electron chi connectivity index (χ1n) is 9.50. The predicted octanol–water partition coefficient (Wildman–Crippen LogP) is 0.757. The van der Waals surface area contributed by atoms with Crippen LogP contribution in [0.2, 0.25) is 0 Å². The van der Waals surface area contributed by atoms with Crippen molar-refractivity contribution in [2.45, 2.75) is 18.9 Å². The monoisotopic (exact) mass is 394 g/mol. The summed E-state index contributed by atoms with van der Waals surface area (Å²) >= 11 is 0. The zero-order valence-electron chi connectivity index (χ0n) is 15.8. The molecule has 0 radical (unpaired) electrons. The van der Waals surface area contributed by atoms with Gasteiger partial charge in [0.1, 0.15) is 0 Å². The van der Waals surface area contributed by atoms with Crippen molar-refractivity contribution in [1.82, 2.24) is 35.4 Å². The summed E-state index contributed by atoms with van der Waals surface area (Å²) in [7, 11) is 0. The Bertz CT molecular complexity index is 959. The number of anilines is 1. The van der Waals surface area contributed by atoms with Crippen LogP contribution in [-0.2, 0) is 4.79 Å². The van der Waals surface area contributed by atoms with Gasteiger partial charge in [0.15, 0.2) is 5.69 Å². The minimum absolute atomic E-state index is 0.153. The van der Waals surface area contributed by atoms with Gasteiger partial charge in [-0.25, -0.2) is 9.36 Å². The number of aromatic nitrogens is 5. The molecule has 0 aliphatic carbocycles. The van der Waals surface area contributed by atoms with Crippen LogP contribution >= 0.6 is 0 Å². The number of carbonyl (C=O) groups excluding carboxylic acids is 2. The van der Waals surface area contributed by atoms with Crippen molar-refractivity contribution >= 4 is 17.5 Å². The lowest BCUT2D eigenvalue weighted by atomic mass is 10.1. The highest BCUT2D eigenvalue weighted by Gasteiger charge is 2.19. The standard InChI is InChI=1S/C19H22N8O2/c28-18(23-14-2-4-15(5-3-14)26-11-1-8-22-26)12-21-19(29)17-13-27(25-24-17)16-6-9-20-10-7-16/h1-5,8,11,13,16,20H,6-7,9-10,12H2,(H,21,29)(H,23,28). The number of hydrogen-bond acceptors (Lipinski definition) is 6. The first-order chi connectivity index (χ1) is 14.2. The Labute approximate surface area is 167 Å². The van der Waals surface area contributed by atoms with E-state index in [1.165, 1.54) is 0 Å². The van der Waals surface area contributed by atoms with Gasteiger partial charge in [-0.3, -0.25) is 9.59 Å². The summed E-state index contributed by atoms with van der Waals surface area (Å²) in [4.78, 5) is 24.4. The summed E-state index contributed by atoms with van der Waals surface area (Å²) in [6.45, 7) is 1.70. The fourth-order valence-electron chi connectivity index (χ4n) is 3.21. The molecule has 10 nitrogen and oxygen atoms in total. The van der Waals surface area contributed by atoms with Crippen molar-refractivity contribution in [2.24, 2.45) is 0 Å². The number of amides is 2. The van der Waals surface area contributed by atoms with E-state index < -0.39 is 5.91 Å². The van der Waals surface area contributed by atoms with Gasteiger partial charge in [-0.15, -0.1) is 5.10 Å². The van der Waals surface area contributed by atoms with Crippen LogP contribution in [0.1, 0.15) is 29.4 Å². The second-order valence-corrected chi connectivity index (χ2v) is 6.79. The maximum atomic E-state index is 12.2. The number of hydrogen-bond donors (Lipinski definition) is 3. The normalized spacial score (nSPS) is 14.5. The van der Waals surface area contributed by atoms with Crippen molar-refractivity contribution in [3.8, 4) is 5.69 Å². The van der Waals surface area contributed by atoms with Gasteiger partial charge in [-0.2, -0.15) is 5.10 Å². The molecule has 3 N–H and O–H groups in total. The van der Waals surface area contributed by atoms with Crippen LogP contribution in [0.4, 0.5) is 5.69 Å². The summed E-state index contributed by atoms with van der Waals surface area (Å²) in [5.74, 6) is -0.745. The number of benzene rings is 1. The molecular weight excluding hydrogens is 372 g/mol. The zero-order chi connectivity index (χ0) is 20.1. The van der Waals surface area contributed by atoms with E-state index in [2.05, 4.69) is 31.4 Å². The number of nitrogens with zero attached hydrogens (tertiary/aromatic N) is 5. The molecule has 150 valence electrons. The van der Waals surface area contributed by atoms with Crippen molar-refractivity contribution in [3.63, 3.8) is 0 Å². The fraction of sp³-hybridized carbons (Fsp3) is 0.316. The molecule has 4 rings (SSSR count). The molecule has 2 amide bonds. The Morgan fingerprint density at radius 3 is 2.69 bits per heavy atom. The van der Waals surface area contributed by atoms with Gasteiger partial charge in [0.05, 0.1) is 24.5 Å². The van der Waals surface area contributed by atoms with Gasteiger partial charge in [-0.1, -0.05) is 5.21 Å². The molecule has 2 aromatic heterocycles. The number of nitrogens with one attached hydrogen (secondary N) is 3. The van der Waals surface area contributed by atoms with Gasteiger partial charge in [-0.05, 0) is 56.3 Å². The first-order valence-corrected chi connectivity index (χ1v) is 9.50. The Hall–Kier alpha value is -3.53. The summed E-state index contributed by atoms with van der Waals surface area (Å²) in [5, 5.41) is 20.7. The van der Waals surface area contributed by atoms with Crippen LogP contribution in [0.3, 0.4) is 0 Å². The first kappa shape index (κ1) is 18.8. The van der Waals surface area contributed by atoms with E-state index in [-0.39, 0.29) is 24.2 Å². The second-order valence-electron chi connectivity index (χ2n) is 6.79. The van der Waals surface area contributed by atoms with Crippen molar-refractivity contribution in [2.75, 3.05) is 25.0 Å². The van der Waals surface area contributed by atoms with Crippen LogP contribution in [0.25, 0.3) is 5.69 Å². The average Bonchev–Trinajstić information content (AvgIpc) is 3.46. The van der Waals surface area contributed by atoms with E-state index >= 15 is 0 Å². The molecule has 0 spiro atoms. The molecule has 0 unspecified atom stereocenters. The van der Waals surface area contributed by atoms with Crippen LogP contribution in [-0.4, -0.2) is 56.2 Å². The summed E-state index contributed by atoms with van der Waals surface area (Å²) in [6, 6.07) is 9.34. The van der Waals surface area contributed by atoms with Gasteiger partial charge >= 0.3 is 0 Å². The Balaban J connectivity index is 1.27. The third-order valence-electron chi connectivity index (χ3n) is 4.76. The maximum Gasteiger partial charge on any atom is 0.273 e. The lowest BCUT2D eigenvalue weighted by Crippen LogP contribution is -2.33. The van der Waals surface area contributed by atoms with E-state index in [9.17, 15) is 9.59 Å². The predicted molar refractivity (Wildman–Crippen MR) is 106 cm³/mol. The lowest BCUT2D eigenvalue weighted by Gasteiger charge is -2.22. The van der Waals surface area contributed by atoms with Crippen LogP contribution in [0, 0.1) is 0 Å². The highest BCUT2D eigenvalue weighted by molar-refractivity contribution is 5.98. The molecule has 1 aliphatic heterocycles. The average molecular weight is 394 g/mol. The van der Waals surface area contributed by atoms with Crippen LogP contribution < -0.4 is 16.0 Å². The molecule has 3 aromatic rings. The van der Waals surface area contributed by atoms with E-state index in [4.69, 9.17) is 0 Å². The van der Waals surface area contributed by atoms with Gasteiger partial charge in [0, 0.05) is 18.1 Å². The molecule has 1 aliphatic rings. The topological polar surface area (TPSA) is 119 Å². The molecule has 10 heteroatoms. The molecule has 0 atom stereocenters. The van der Waals surface area contributed by atoms with E-state index in [0.29, 0.717) is 5.69 Å². The molecule has 1 fully saturated rings. The fourth-order valence-corrected chi connectivity index (χ4v) is 3.21. The number of carbonyl (C=O) groups is 2. The number of piperidine rings is 1. The third kappa shape index (κ3) is 4.66. The van der Waals surface area contributed by atoms with E-state index in [1.807, 2.05) is 24.4 Å². The summed E-state index contributed by atoms with van der Waals surface area (Å²) in [6.07, 6.45) is 7.07. The maximum absolute atomic E-state index is 12.2. The molecule has 0 bridgehead atoms. The Morgan fingerprint density at radius 2 is 1.97 bits per heavy atom. The molecule has 29 heavy (non-hydrogen) atoms. The van der Waals surface area contributed by atoms with E-state index in [0.717, 1.165) is 31.6 Å². The van der Waals surface area contributed by atoms with Gasteiger partial charge in [0.25, 0.3) is 5.91 Å². The van der Waals surface area contributed by atoms with Crippen molar-refractivity contribution in [1.29, 1.82) is 0 Å². The molecule has 3 heterocycles. The van der Waals surface area contributed by atoms with Crippen LogP contribution in [0.15, 0.2) is 48.9 Å². The summed E-state index contributed by atoms with van der Waals surface area (Å²) < 4.78 is 3.46. The SMILES string of the molecule is O=C(CNC(=O)c1cn(C2CCNCC2)nn1)Nc1ccc(-n2cccn2)cc1. The Morgan fingerprint density at radius 1 is 1.17 bits per heavy atom. The lowest BCUT2D eigenvalue weighted by molar-refractivity contribution is -0.115. The van der Waals surface area contributed by atoms with Gasteiger partial charge in [0.2, 0.25) is 5.91 Å². The molecule has 0 saturated carbocycles. The highest BCUT2D eigenvalue weighted by Crippen LogP contribution is 2.17. The number of rotatable bonds is 6. The molecule has 1 aromatic carbocycles. The quantitative estimate of drug-likeness (QED) is 0.568. The minimum atomic E-state index is -0.422. The highest BCUT2D eigenvalue weighted by atomic mass is 16.2.